The predicted octanol–water partition coefficient (Wildman–Crippen LogP) is 3.25. The molecule has 0 unspecified atom stereocenters. The van der Waals surface area contributed by atoms with Gasteiger partial charge in [-0.25, -0.2) is 0 Å². The van der Waals surface area contributed by atoms with Crippen LogP contribution < -0.4 is 10.6 Å². The summed E-state index contributed by atoms with van der Waals surface area (Å²) < 4.78 is 2.01. The highest BCUT2D eigenvalue weighted by Crippen LogP contribution is 2.16. The Kier molecular flexibility index (Phi) is 5.37. The summed E-state index contributed by atoms with van der Waals surface area (Å²) in [6.45, 7) is 5.62. The summed E-state index contributed by atoms with van der Waals surface area (Å²) in [5.74, 6) is 0.0215. The lowest BCUT2D eigenvalue weighted by Gasteiger charge is -2.10. The molecule has 1 aromatic carbocycles. The molecule has 2 rings (SSSR count). The molecule has 1 amide bonds. The smallest absolute Gasteiger partial charge is 0.224 e. The van der Waals surface area contributed by atoms with Crippen molar-refractivity contribution in [1.82, 2.24) is 9.78 Å². The van der Waals surface area contributed by atoms with Gasteiger partial charge in [0, 0.05) is 30.5 Å². The van der Waals surface area contributed by atoms with Gasteiger partial charge in [-0.05, 0) is 30.7 Å². The Bertz CT molecular complexity index is 591. The van der Waals surface area contributed by atoms with Gasteiger partial charge in [0.1, 0.15) is 0 Å². The van der Waals surface area contributed by atoms with Crippen molar-refractivity contribution in [3.8, 4) is 0 Å². The summed E-state index contributed by atoms with van der Waals surface area (Å²) >= 11 is 0. The molecular formula is C16H22N4O. The van der Waals surface area contributed by atoms with Crippen LogP contribution in [0, 0.1) is 0 Å². The average molecular weight is 286 g/mol. The van der Waals surface area contributed by atoms with Gasteiger partial charge in [0.05, 0.1) is 12.2 Å². The van der Waals surface area contributed by atoms with Crippen LogP contribution in [0.4, 0.5) is 11.4 Å². The van der Waals surface area contributed by atoms with Crippen LogP contribution in [0.1, 0.15) is 32.4 Å². The van der Waals surface area contributed by atoms with E-state index in [1.54, 1.807) is 0 Å². The SMILES string of the molecule is CCCn1nccc1CNc1cccc(NC(=O)CC)c1. The summed E-state index contributed by atoms with van der Waals surface area (Å²) in [5, 5.41) is 10.5. The minimum absolute atomic E-state index is 0.0215. The fraction of sp³-hybridized carbons (Fsp3) is 0.375. The van der Waals surface area contributed by atoms with E-state index in [1.807, 2.05) is 48.1 Å². The van der Waals surface area contributed by atoms with Crippen molar-refractivity contribution in [2.24, 2.45) is 0 Å². The highest BCUT2D eigenvalue weighted by atomic mass is 16.1. The van der Waals surface area contributed by atoms with Crippen LogP contribution in [0.15, 0.2) is 36.5 Å². The Labute approximate surface area is 125 Å². The molecule has 0 bridgehead atoms. The van der Waals surface area contributed by atoms with Gasteiger partial charge in [0.25, 0.3) is 0 Å². The molecule has 5 nitrogen and oxygen atoms in total. The Morgan fingerprint density at radius 3 is 2.81 bits per heavy atom. The van der Waals surface area contributed by atoms with E-state index in [0.29, 0.717) is 13.0 Å². The summed E-state index contributed by atoms with van der Waals surface area (Å²) in [4.78, 5) is 11.4. The number of anilines is 2. The van der Waals surface area contributed by atoms with Crippen molar-refractivity contribution in [1.29, 1.82) is 0 Å². The lowest BCUT2D eigenvalue weighted by Crippen LogP contribution is -2.10. The van der Waals surface area contributed by atoms with Crippen molar-refractivity contribution >= 4 is 17.3 Å². The average Bonchev–Trinajstić information content (AvgIpc) is 2.93. The first kappa shape index (κ1) is 15.1. The van der Waals surface area contributed by atoms with Crippen LogP contribution in [-0.2, 0) is 17.9 Å². The first-order valence-corrected chi connectivity index (χ1v) is 7.37. The molecule has 2 N–H and O–H groups in total. The minimum Gasteiger partial charge on any atom is -0.379 e. The van der Waals surface area contributed by atoms with Crippen LogP contribution in [0.25, 0.3) is 0 Å². The number of carbonyl (C=O) groups is 1. The zero-order chi connectivity index (χ0) is 15.1. The van der Waals surface area contributed by atoms with Crippen molar-refractivity contribution in [3.63, 3.8) is 0 Å². The van der Waals surface area contributed by atoms with Crippen molar-refractivity contribution in [3.05, 3.63) is 42.2 Å². The molecule has 0 saturated heterocycles. The maximum Gasteiger partial charge on any atom is 0.224 e. The number of aromatic nitrogens is 2. The van der Waals surface area contributed by atoms with Crippen molar-refractivity contribution in [2.75, 3.05) is 10.6 Å². The number of nitrogens with one attached hydrogen (secondary N) is 2. The number of benzene rings is 1. The molecule has 1 heterocycles. The van der Waals surface area contributed by atoms with E-state index in [1.165, 1.54) is 0 Å². The first-order valence-electron chi connectivity index (χ1n) is 7.37. The third kappa shape index (κ3) is 4.34. The molecule has 0 aliphatic rings. The third-order valence-electron chi connectivity index (χ3n) is 3.18. The van der Waals surface area contributed by atoms with Gasteiger partial charge in [-0.1, -0.05) is 19.9 Å². The van der Waals surface area contributed by atoms with Crippen molar-refractivity contribution < 1.29 is 4.79 Å². The molecule has 0 aliphatic carbocycles. The molecule has 0 aliphatic heterocycles. The molecule has 0 fully saturated rings. The van der Waals surface area contributed by atoms with Crippen LogP contribution in [0.3, 0.4) is 0 Å². The van der Waals surface area contributed by atoms with Gasteiger partial charge < -0.3 is 10.6 Å². The van der Waals surface area contributed by atoms with Gasteiger partial charge in [-0.2, -0.15) is 5.10 Å². The lowest BCUT2D eigenvalue weighted by molar-refractivity contribution is -0.115. The highest BCUT2D eigenvalue weighted by Gasteiger charge is 2.03. The first-order chi connectivity index (χ1) is 10.2. The second kappa shape index (κ2) is 7.47. The molecule has 0 atom stereocenters. The monoisotopic (exact) mass is 286 g/mol. The topological polar surface area (TPSA) is 59.0 Å². The summed E-state index contributed by atoms with van der Waals surface area (Å²) in [7, 11) is 0. The zero-order valence-electron chi connectivity index (χ0n) is 12.6. The van der Waals surface area contributed by atoms with E-state index in [-0.39, 0.29) is 5.91 Å². The summed E-state index contributed by atoms with van der Waals surface area (Å²) in [6.07, 6.45) is 3.37. The van der Waals surface area contributed by atoms with Crippen molar-refractivity contribution in [2.45, 2.75) is 39.8 Å². The zero-order valence-corrected chi connectivity index (χ0v) is 12.6. The molecule has 0 saturated carbocycles. The van der Waals surface area contributed by atoms with E-state index < -0.39 is 0 Å². The predicted molar refractivity (Wildman–Crippen MR) is 85.2 cm³/mol. The second-order valence-corrected chi connectivity index (χ2v) is 4.88. The fourth-order valence-corrected chi connectivity index (χ4v) is 2.07. The molecular weight excluding hydrogens is 264 g/mol. The maximum atomic E-state index is 11.4. The fourth-order valence-electron chi connectivity index (χ4n) is 2.07. The van der Waals surface area contributed by atoms with Gasteiger partial charge in [-0.3, -0.25) is 9.48 Å². The lowest BCUT2D eigenvalue weighted by atomic mass is 10.2. The molecule has 21 heavy (non-hydrogen) atoms. The minimum atomic E-state index is 0.0215. The van der Waals surface area contributed by atoms with Gasteiger partial charge >= 0.3 is 0 Å². The Hall–Kier alpha value is -2.30. The number of hydrogen-bond donors (Lipinski definition) is 2. The molecule has 2 aromatic rings. The Morgan fingerprint density at radius 1 is 1.24 bits per heavy atom. The van der Waals surface area contributed by atoms with E-state index in [2.05, 4.69) is 22.7 Å². The quantitative estimate of drug-likeness (QED) is 0.821. The number of hydrogen-bond acceptors (Lipinski definition) is 3. The normalized spacial score (nSPS) is 10.4. The summed E-state index contributed by atoms with van der Waals surface area (Å²) in [6, 6.07) is 9.76. The molecule has 5 heteroatoms. The third-order valence-corrected chi connectivity index (χ3v) is 3.18. The van der Waals surface area contributed by atoms with E-state index in [0.717, 1.165) is 30.0 Å². The second-order valence-electron chi connectivity index (χ2n) is 4.88. The van der Waals surface area contributed by atoms with Crippen LogP contribution >= 0.6 is 0 Å². The largest absolute Gasteiger partial charge is 0.379 e. The highest BCUT2D eigenvalue weighted by molar-refractivity contribution is 5.90. The van der Waals surface area contributed by atoms with Crippen LogP contribution in [0.5, 0.6) is 0 Å². The number of rotatable bonds is 7. The number of aryl methyl sites for hydroxylation is 1. The van der Waals surface area contributed by atoms with E-state index in [4.69, 9.17) is 0 Å². The van der Waals surface area contributed by atoms with Crippen LogP contribution in [-0.4, -0.2) is 15.7 Å². The van der Waals surface area contributed by atoms with E-state index >= 15 is 0 Å². The Balaban J connectivity index is 1.98. The maximum absolute atomic E-state index is 11.4. The molecule has 1 aromatic heterocycles. The molecule has 0 spiro atoms. The number of amides is 1. The van der Waals surface area contributed by atoms with Crippen LogP contribution in [0.2, 0.25) is 0 Å². The standard InChI is InChI=1S/C16H22N4O/c1-3-10-20-15(8-9-18-20)12-17-13-6-5-7-14(11-13)19-16(21)4-2/h5-9,11,17H,3-4,10,12H2,1-2H3,(H,19,21). The molecule has 112 valence electrons. The van der Waals surface area contributed by atoms with Gasteiger partial charge in [-0.15, -0.1) is 0 Å². The van der Waals surface area contributed by atoms with E-state index in [9.17, 15) is 4.79 Å². The Morgan fingerprint density at radius 2 is 2.05 bits per heavy atom. The van der Waals surface area contributed by atoms with Gasteiger partial charge in [0.2, 0.25) is 5.91 Å². The number of nitrogens with zero attached hydrogens (tertiary/aromatic N) is 2. The molecule has 0 radical (unpaired) electrons. The van der Waals surface area contributed by atoms with Gasteiger partial charge in [0.15, 0.2) is 0 Å². The number of carbonyl (C=O) groups excluding carboxylic acids is 1. The summed E-state index contributed by atoms with van der Waals surface area (Å²) in [5.41, 5.74) is 2.95.